The molecule has 0 saturated carbocycles. The maximum Gasteiger partial charge on any atom is 0.252 e. The van der Waals surface area contributed by atoms with Crippen LogP contribution in [0.15, 0.2) is 83.7 Å². The van der Waals surface area contributed by atoms with Crippen molar-refractivity contribution in [3.8, 4) is 16.9 Å². The number of pyridine rings is 1. The summed E-state index contributed by atoms with van der Waals surface area (Å²) in [6.45, 7) is 5.60. The van der Waals surface area contributed by atoms with Crippen LogP contribution in [-0.4, -0.2) is 20.3 Å². The van der Waals surface area contributed by atoms with Gasteiger partial charge in [-0.25, -0.2) is 4.68 Å². The van der Waals surface area contributed by atoms with Crippen molar-refractivity contribution in [2.45, 2.75) is 27.3 Å². The first-order valence-electron chi connectivity index (χ1n) is 11.6. The maximum atomic E-state index is 13.3. The molecule has 0 saturated heterocycles. The molecule has 0 bridgehead atoms. The van der Waals surface area contributed by atoms with Gasteiger partial charge >= 0.3 is 0 Å². The van der Waals surface area contributed by atoms with Gasteiger partial charge in [0, 0.05) is 27.7 Å². The Morgan fingerprint density at radius 2 is 1.69 bits per heavy atom. The predicted molar refractivity (Wildman–Crippen MR) is 145 cm³/mol. The molecule has 5 rings (SSSR count). The smallest absolute Gasteiger partial charge is 0.252 e. The van der Waals surface area contributed by atoms with Gasteiger partial charge in [0.2, 0.25) is 5.91 Å². The van der Waals surface area contributed by atoms with E-state index in [1.165, 1.54) is 4.57 Å². The molecule has 1 amide bonds. The summed E-state index contributed by atoms with van der Waals surface area (Å²) in [7, 11) is 0. The van der Waals surface area contributed by atoms with Crippen LogP contribution in [0, 0.1) is 20.8 Å². The fourth-order valence-electron chi connectivity index (χ4n) is 4.43. The van der Waals surface area contributed by atoms with E-state index in [-0.39, 0.29) is 18.0 Å². The first-order chi connectivity index (χ1) is 17.3. The zero-order valence-electron chi connectivity index (χ0n) is 20.2. The average Bonchev–Trinajstić information content (AvgIpc) is 3.26. The van der Waals surface area contributed by atoms with Gasteiger partial charge in [-0.15, -0.1) is 0 Å². The Morgan fingerprint density at radius 3 is 2.44 bits per heavy atom. The minimum Gasteiger partial charge on any atom is -0.324 e. The molecule has 7 heteroatoms. The molecule has 5 aromatic rings. The molecule has 0 spiro atoms. The van der Waals surface area contributed by atoms with Crippen LogP contribution in [0.1, 0.15) is 16.7 Å². The van der Waals surface area contributed by atoms with Crippen LogP contribution >= 0.6 is 11.6 Å². The molecule has 0 aliphatic heterocycles. The molecule has 1 N–H and O–H groups in total. The van der Waals surface area contributed by atoms with Gasteiger partial charge in [-0.1, -0.05) is 59.6 Å². The van der Waals surface area contributed by atoms with E-state index in [4.69, 9.17) is 16.7 Å². The normalized spacial score (nSPS) is 11.1. The predicted octanol–water partition coefficient (Wildman–Crippen LogP) is 6.07. The second-order valence-electron chi connectivity index (χ2n) is 8.88. The fourth-order valence-corrected chi connectivity index (χ4v) is 4.61. The van der Waals surface area contributed by atoms with Gasteiger partial charge in [-0.05, 0) is 62.2 Å². The number of aryl methyl sites for hydroxylation is 2. The van der Waals surface area contributed by atoms with Crippen molar-refractivity contribution in [2.75, 3.05) is 5.32 Å². The third-order valence-corrected chi connectivity index (χ3v) is 6.66. The number of halogens is 1. The Labute approximate surface area is 213 Å². The summed E-state index contributed by atoms with van der Waals surface area (Å²) in [5.41, 5.74) is 6.09. The number of amides is 1. The van der Waals surface area contributed by atoms with Gasteiger partial charge in [0.05, 0.1) is 5.69 Å². The number of hydrogen-bond donors (Lipinski definition) is 1. The summed E-state index contributed by atoms with van der Waals surface area (Å²) in [5.74, 6) is -0.328. The van der Waals surface area contributed by atoms with Gasteiger partial charge in [0.1, 0.15) is 17.9 Å². The number of carbonyl (C=O) groups excluding carboxylic acids is 1. The molecule has 0 aliphatic carbocycles. The summed E-state index contributed by atoms with van der Waals surface area (Å²) in [4.78, 5) is 26.4. The Morgan fingerprint density at radius 1 is 0.944 bits per heavy atom. The number of fused-ring (bicyclic) bond motifs is 1. The lowest BCUT2D eigenvalue weighted by Gasteiger charge is -2.14. The van der Waals surface area contributed by atoms with Crippen molar-refractivity contribution in [3.63, 3.8) is 0 Å². The molecule has 180 valence electrons. The summed E-state index contributed by atoms with van der Waals surface area (Å²) in [6.07, 6.45) is 0. The van der Waals surface area contributed by atoms with Crippen LogP contribution < -0.4 is 10.9 Å². The highest BCUT2D eigenvalue weighted by Crippen LogP contribution is 2.32. The van der Waals surface area contributed by atoms with Crippen molar-refractivity contribution in [2.24, 2.45) is 0 Å². The number of rotatable bonds is 5. The minimum atomic E-state index is -0.328. The van der Waals surface area contributed by atoms with Gasteiger partial charge in [-0.2, -0.15) is 5.10 Å². The molecule has 36 heavy (non-hydrogen) atoms. The Balaban J connectivity index is 1.70. The van der Waals surface area contributed by atoms with E-state index in [2.05, 4.69) is 11.4 Å². The SMILES string of the molecule is Cc1cccc(-c2nn(-c3ccccc3)c3c2c(C)cc(=O)n3CC(=O)Nc2cccc(Cl)c2C)c1. The minimum absolute atomic E-state index is 0.173. The number of nitrogens with one attached hydrogen (secondary N) is 1. The highest BCUT2D eigenvalue weighted by molar-refractivity contribution is 6.31. The van der Waals surface area contributed by atoms with Crippen LogP contribution in [0.2, 0.25) is 5.02 Å². The van der Waals surface area contributed by atoms with Gasteiger partial charge < -0.3 is 5.32 Å². The highest BCUT2D eigenvalue weighted by atomic mass is 35.5. The largest absolute Gasteiger partial charge is 0.324 e. The van der Waals surface area contributed by atoms with E-state index in [9.17, 15) is 9.59 Å². The zero-order valence-corrected chi connectivity index (χ0v) is 21.0. The van der Waals surface area contributed by atoms with E-state index in [0.29, 0.717) is 16.4 Å². The first-order valence-corrected chi connectivity index (χ1v) is 12.0. The maximum absolute atomic E-state index is 13.3. The van der Waals surface area contributed by atoms with Gasteiger partial charge in [-0.3, -0.25) is 14.2 Å². The highest BCUT2D eigenvalue weighted by Gasteiger charge is 2.21. The molecule has 2 heterocycles. The topological polar surface area (TPSA) is 68.9 Å². The zero-order chi connectivity index (χ0) is 25.4. The molecule has 3 aromatic carbocycles. The molecule has 0 atom stereocenters. The second-order valence-corrected chi connectivity index (χ2v) is 9.28. The number of hydrogen-bond acceptors (Lipinski definition) is 3. The molecular weight excluding hydrogens is 472 g/mol. The summed E-state index contributed by atoms with van der Waals surface area (Å²) in [5, 5.41) is 9.25. The number of nitrogens with zero attached hydrogens (tertiary/aromatic N) is 3. The Hall–Kier alpha value is -4.16. The lowest BCUT2D eigenvalue weighted by Crippen LogP contribution is -2.29. The van der Waals surface area contributed by atoms with Crippen molar-refractivity contribution < 1.29 is 4.79 Å². The quantitative estimate of drug-likeness (QED) is 0.321. The lowest BCUT2D eigenvalue weighted by atomic mass is 10.0. The molecule has 0 radical (unpaired) electrons. The molecule has 0 aliphatic rings. The van der Waals surface area contributed by atoms with Crippen molar-refractivity contribution in [1.29, 1.82) is 0 Å². The summed E-state index contributed by atoms with van der Waals surface area (Å²) in [6, 6.07) is 24.6. The van der Waals surface area contributed by atoms with Crippen LogP contribution in [0.5, 0.6) is 0 Å². The van der Waals surface area contributed by atoms with Crippen LogP contribution in [0.25, 0.3) is 28.0 Å². The molecule has 0 fully saturated rings. The second kappa shape index (κ2) is 9.47. The molecule has 6 nitrogen and oxygen atoms in total. The Bertz CT molecular complexity index is 1670. The lowest BCUT2D eigenvalue weighted by molar-refractivity contribution is -0.116. The van der Waals surface area contributed by atoms with E-state index in [0.717, 1.165) is 39.0 Å². The average molecular weight is 497 g/mol. The number of anilines is 1. The Kier molecular flexibility index (Phi) is 6.20. The third kappa shape index (κ3) is 4.32. The van der Waals surface area contributed by atoms with Crippen molar-refractivity contribution in [3.05, 3.63) is 111 Å². The molecular formula is C29H25ClN4O2. The molecule has 2 aromatic heterocycles. The van der Waals surface area contributed by atoms with Crippen molar-refractivity contribution >= 4 is 34.2 Å². The molecule has 0 unspecified atom stereocenters. The monoisotopic (exact) mass is 496 g/mol. The van der Waals surface area contributed by atoms with E-state index >= 15 is 0 Å². The number of carbonyl (C=O) groups is 1. The number of para-hydroxylation sites is 1. The number of aromatic nitrogens is 3. The third-order valence-electron chi connectivity index (χ3n) is 6.25. The van der Waals surface area contributed by atoms with E-state index in [1.54, 1.807) is 28.9 Å². The van der Waals surface area contributed by atoms with Crippen molar-refractivity contribution in [1.82, 2.24) is 14.3 Å². The van der Waals surface area contributed by atoms with E-state index in [1.807, 2.05) is 69.3 Å². The van der Waals surface area contributed by atoms with Gasteiger partial charge in [0.15, 0.2) is 0 Å². The fraction of sp³-hybridized carbons (Fsp3) is 0.138. The standard InChI is InChI=1S/C29H25ClN4O2/c1-18-9-7-10-21(15-18)28-27-19(2)16-26(36)33(29(27)34(32-28)22-11-5-4-6-12-22)17-25(35)31-24-14-8-13-23(30)20(24)3/h4-16H,17H2,1-3H3,(H,31,35). The summed E-state index contributed by atoms with van der Waals surface area (Å²) >= 11 is 6.22. The first kappa shape index (κ1) is 23.6. The van der Waals surface area contributed by atoms with Crippen LogP contribution in [-0.2, 0) is 11.3 Å². The van der Waals surface area contributed by atoms with Crippen LogP contribution in [0.4, 0.5) is 5.69 Å². The van der Waals surface area contributed by atoms with E-state index < -0.39 is 0 Å². The van der Waals surface area contributed by atoms with Gasteiger partial charge in [0.25, 0.3) is 5.56 Å². The van der Waals surface area contributed by atoms with Crippen LogP contribution in [0.3, 0.4) is 0 Å². The summed E-state index contributed by atoms with van der Waals surface area (Å²) < 4.78 is 3.23. The number of benzene rings is 3.